The van der Waals surface area contributed by atoms with Crippen LogP contribution in [-0.2, 0) is 16.8 Å². The van der Waals surface area contributed by atoms with Crippen molar-refractivity contribution < 1.29 is 14.6 Å². The van der Waals surface area contributed by atoms with Crippen LogP contribution in [0.1, 0.15) is 23.2 Å². The van der Waals surface area contributed by atoms with Crippen molar-refractivity contribution in [3.05, 3.63) is 71.4 Å². The molecule has 0 amide bonds. The normalized spacial score (nSPS) is 21.2. The maximum absolute atomic E-state index is 10.9. The molecule has 0 unspecified atom stereocenters. The van der Waals surface area contributed by atoms with Gasteiger partial charge in [-0.25, -0.2) is 4.79 Å². The fourth-order valence-corrected chi connectivity index (χ4v) is 4.96. The molecular weight excluding hydrogens is 390 g/mol. The Morgan fingerprint density at radius 1 is 1.23 bits per heavy atom. The molecule has 1 saturated heterocycles. The second-order valence-electron chi connectivity index (χ2n) is 8.40. The van der Waals surface area contributed by atoms with Crippen LogP contribution in [0.4, 0.5) is 0 Å². The second kappa shape index (κ2) is 8.21. The number of carboxylic acids is 1. The number of para-hydroxylation sites is 1. The molecule has 3 N–H and O–H groups in total. The highest BCUT2D eigenvalue weighted by Crippen LogP contribution is 2.39. The molecule has 6 heteroatoms. The molecule has 160 valence electrons. The Morgan fingerprint density at radius 2 is 2.10 bits per heavy atom. The van der Waals surface area contributed by atoms with Crippen LogP contribution in [0.3, 0.4) is 0 Å². The average Bonchev–Trinajstić information content (AvgIpc) is 3.36. The zero-order valence-electron chi connectivity index (χ0n) is 17.4. The Morgan fingerprint density at radius 3 is 2.94 bits per heavy atom. The fraction of sp³-hybridized carbons (Fsp3) is 0.320. The summed E-state index contributed by atoms with van der Waals surface area (Å²) in [6.07, 6.45) is 4.88. The number of nitrogens with zero attached hydrogens (tertiary/aromatic N) is 1. The van der Waals surface area contributed by atoms with Crippen molar-refractivity contribution in [2.24, 2.45) is 0 Å². The molecule has 0 saturated carbocycles. The first-order valence-corrected chi connectivity index (χ1v) is 10.8. The highest BCUT2D eigenvalue weighted by Gasteiger charge is 2.43. The molecule has 5 rings (SSSR count). The van der Waals surface area contributed by atoms with Gasteiger partial charge in [-0.3, -0.25) is 4.90 Å². The topological polar surface area (TPSA) is 77.6 Å². The third-order valence-corrected chi connectivity index (χ3v) is 6.43. The SMILES string of the molecule is O=C(O)/C=C/c1ccc2[nH]c3c(c2c1)CCN[C@@]31CCN(CCOc2ccccc2)C1. The molecule has 1 atom stereocenters. The first-order chi connectivity index (χ1) is 15.1. The molecule has 0 radical (unpaired) electrons. The number of H-pyrrole nitrogens is 1. The Bertz CT molecular complexity index is 1120. The van der Waals surface area contributed by atoms with E-state index < -0.39 is 5.97 Å². The minimum atomic E-state index is -0.929. The number of aliphatic carboxylic acids is 1. The van der Waals surface area contributed by atoms with Gasteiger partial charge in [0.15, 0.2) is 0 Å². The minimum Gasteiger partial charge on any atom is -0.492 e. The predicted molar refractivity (Wildman–Crippen MR) is 121 cm³/mol. The number of hydrogen-bond donors (Lipinski definition) is 3. The summed E-state index contributed by atoms with van der Waals surface area (Å²) in [5.41, 5.74) is 4.62. The minimum absolute atomic E-state index is 0.0591. The van der Waals surface area contributed by atoms with Crippen LogP contribution in [0.2, 0.25) is 0 Å². The molecule has 2 aromatic carbocycles. The van der Waals surface area contributed by atoms with Gasteiger partial charge in [0.1, 0.15) is 12.4 Å². The van der Waals surface area contributed by atoms with Gasteiger partial charge in [0.05, 0.1) is 5.54 Å². The summed E-state index contributed by atoms with van der Waals surface area (Å²) in [5, 5.41) is 13.9. The zero-order valence-corrected chi connectivity index (χ0v) is 17.4. The molecule has 3 aromatic rings. The highest BCUT2D eigenvalue weighted by molar-refractivity contribution is 5.90. The maximum Gasteiger partial charge on any atom is 0.328 e. The van der Waals surface area contributed by atoms with E-state index in [1.165, 1.54) is 22.7 Å². The predicted octanol–water partition coefficient (Wildman–Crippen LogP) is 3.39. The van der Waals surface area contributed by atoms with Gasteiger partial charge < -0.3 is 20.1 Å². The average molecular weight is 418 g/mol. The quantitative estimate of drug-likeness (QED) is 0.536. The lowest BCUT2D eigenvalue weighted by atomic mass is 9.86. The number of carbonyl (C=O) groups is 1. The lowest BCUT2D eigenvalue weighted by Gasteiger charge is -2.35. The van der Waals surface area contributed by atoms with Gasteiger partial charge in [0.2, 0.25) is 0 Å². The summed E-state index contributed by atoms with van der Waals surface area (Å²) in [6, 6.07) is 16.1. The van der Waals surface area contributed by atoms with Crippen LogP contribution in [0, 0.1) is 0 Å². The molecule has 0 bridgehead atoms. The number of ether oxygens (including phenoxy) is 1. The smallest absolute Gasteiger partial charge is 0.328 e. The molecule has 31 heavy (non-hydrogen) atoms. The van der Waals surface area contributed by atoms with E-state index in [1.807, 2.05) is 36.4 Å². The molecule has 0 aliphatic carbocycles. The van der Waals surface area contributed by atoms with Crippen molar-refractivity contribution in [2.75, 3.05) is 32.8 Å². The third-order valence-electron chi connectivity index (χ3n) is 6.43. The number of rotatable bonds is 6. The van der Waals surface area contributed by atoms with Gasteiger partial charge in [-0.2, -0.15) is 0 Å². The largest absolute Gasteiger partial charge is 0.492 e. The van der Waals surface area contributed by atoms with Gasteiger partial charge in [0, 0.05) is 48.9 Å². The van der Waals surface area contributed by atoms with Gasteiger partial charge in [-0.1, -0.05) is 24.3 Å². The van der Waals surface area contributed by atoms with E-state index in [0.29, 0.717) is 6.61 Å². The van der Waals surface area contributed by atoms with E-state index in [2.05, 4.69) is 27.3 Å². The lowest BCUT2D eigenvalue weighted by Crippen LogP contribution is -2.49. The summed E-state index contributed by atoms with van der Waals surface area (Å²) >= 11 is 0. The first-order valence-electron chi connectivity index (χ1n) is 10.8. The molecule has 2 aliphatic heterocycles. The van der Waals surface area contributed by atoms with Crippen molar-refractivity contribution in [1.82, 2.24) is 15.2 Å². The van der Waals surface area contributed by atoms with E-state index in [9.17, 15) is 4.79 Å². The first kappa shape index (κ1) is 19.8. The number of carboxylic acid groups (broad SMARTS) is 1. The number of benzene rings is 2. The molecule has 2 aliphatic rings. The van der Waals surface area contributed by atoms with Crippen LogP contribution >= 0.6 is 0 Å². The summed E-state index contributed by atoms with van der Waals surface area (Å²) in [7, 11) is 0. The molecule has 1 aromatic heterocycles. The van der Waals surface area contributed by atoms with Crippen LogP contribution in [0.5, 0.6) is 5.75 Å². The molecular formula is C25H27N3O3. The number of likely N-dealkylation sites (tertiary alicyclic amines) is 1. The Balaban J connectivity index is 1.33. The zero-order chi connectivity index (χ0) is 21.3. The molecule has 1 fully saturated rings. The summed E-state index contributed by atoms with van der Waals surface area (Å²) in [4.78, 5) is 17.0. The number of aromatic nitrogens is 1. The molecule has 1 spiro atoms. The monoisotopic (exact) mass is 417 g/mol. The van der Waals surface area contributed by atoms with Crippen molar-refractivity contribution >= 4 is 22.9 Å². The van der Waals surface area contributed by atoms with E-state index in [1.54, 1.807) is 6.08 Å². The van der Waals surface area contributed by atoms with Crippen molar-refractivity contribution in [3.8, 4) is 5.75 Å². The van der Waals surface area contributed by atoms with Crippen molar-refractivity contribution in [3.63, 3.8) is 0 Å². The van der Waals surface area contributed by atoms with E-state index in [4.69, 9.17) is 9.84 Å². The van der Waals surface area contributed by atoms with E-state index in [-0.39, 0.29) is 5.54 Å². The standard InChI is InChI=1S/C25H27N3O3/c29-23(30)9-7-18-6-8-22-21(16-18)20-10-12-26-25(24(20)27-22)11-13-28(17-25)14-15-31-19-4-2-1-3-5-19/h1-9,16,26-27H,10-15,17H2,(H,29,30)/b9-7+/t25-/m1/s1. The number of nitrogens with one attached hydrogen (secondary N) is 2. The summed E-state index contributed by atoms with van der Waals surface area (Å²) in [5.74, 6) is -0.0144. The van der Waals surface area contributed by atoms with Crippen LogP contribution in [0.15, 0.2) is 54.6 Å². The fourth-order valence-electron chi connectivity index (χ4n) is 4.96. The van der Waals surface area contributed by atoms with Crippen LogP contribution in [-0.4, -0.2) is 53.7 Å². The maximum atomic E-state index is 10.9. The lowest BCUT2D eigenvalue weighted by molar-refractivity contribution is -0.131. The molecule has 6 nitrogen and oxygen atoms in total. The van der Waals surface area contributed by atoms with Crippen molar-refractivity contribution in [1.29, 1.82) is 0 Å². The van der Waals surface area contributed by atoms with Gasteiger partial charge in [-0.05, 0) is 54.3 Å². The van der Waals surface area contributed by atoms with Gasteiger partial charge in [-0.15, -0.1) is 0 Å². The number of hydrogen-bond acceptors (Lipinski definition) is 4. The van der Waals surface area contributed by atoms with E-state index >= 15 is 0 Å². The summed E-state index contributed by atoms with van der Waals surface area (Å²) in [6.45, 7) is 4.52. The van der Waals surface area contributed by atoms with Crippen LogP contribution < -0.4 is 10.1 Å². The summed E-state index contributed by atoms with van der Waals surface area (Å²) < 4.78 is 5.90. The molecule has 3 heterocycles. The second-order valence-corrected chi connectivity index (χ2v) is 8.40. The van der Waals surface area contributed by atoms with Gasteiger partial charge in [0.25, 0.3) is 0 Å². The van der Waals surface area contributed by atoms with E-state index in [0.717, 1.165) is 55.9 Å². The van der Waals surface area contributed by atoms with Crippen LogP contribution in [0.25, 0.3) is 17.0 Å². The Labute approximate surface area is 181 Å². The Hall–Kier alpha value is -3.09. The van der Waals surface area contributed by atoms with Gasteiger partial charge >= 0.3 is 5.97 Å². The highest BCUT2D eigenvalue weighted by atomic mass is 16.5. The number of aromatic amines is 1. The Kier molecular flexibility index (Phi) is 5.26. The third kappa shape index (κ3) is 3.96. The van der Waals surface area contributed by atoms with Crippen molar-refractivity contribution in [2.45, 2.75) is 18.4 Å². The number of fused-ring (bicyclic) bond motifs is 4.